The molecular formula is C58H42N4. The van der Waals surface area contributed by atoms with Gasteiger partial charge in [0.1, 0.15) is 18.2 Å². The van der Waals surface area contributed by atoms with E-state index in [1.165, 1.54) is 55.3 Å². The van der Waals surface area contributed by atoms with Crippen LogP contribution in [-0.2, 0) is 5.41 Å². The Morgan fingerprint density at radius 1 is 0.435 bits per heavy atom. The Hall–Kier alpha value is -7.79. The molecule has 1 aliphatic heterocycles. The first-order valence-corrected chi connectivity index (χ1v) is 21.4. The number of para-hydroxylation sites is 1. The molecule has 294 valence electrons. The molecule has 10 aromatic rings. The second-order valence-electron chi connectivity index (χ2n) is 16.3. The maximum Gasteiger partial charge on any atom is 0.131 e. The van der Waals surface area contributed by atoms with Gasteiger partial charge in [0.05, 0.1) is 16.4 Å². The number of rotatable bonds is 7. The summed E-state index contributed by atoms with van der Waals surface area (Å²) < 4.78 is 2.40. The molecule has 0 amide bonds. The summed E-state index contributed by atoms with van der Waals surface area (Å²) in [5.74, 6) is 0.862. The van der Waals surface area contributed by atoms with E-state index in [1.54, 1.807) is 0 Å². The van der Waals surface area contributed by atoms with E-state index in [2.05, 4.69) is 246 Å². The van der Waals surface area contributed by atoms with Gasteiger partial charge < -0.3 is 9.88 Å². The quantitative estimate of drug-likeness (QED) is 0.169. The van der Waals surface area contributed by atoms with Gasteiger partial charge in [0.25, 0.3) is 0 Å². The van der Waals surface area contributed by atoms with Crippen molar-refractivity contribution in [1.82, 2.24) is 15.2 Å². The molecule has 2 heterocycles. The van der Waals surface area contributed by atoms with E-state index in [-0.39, 0.29) is 12.3 Å². The maximum atomic E-state index is 5.33. The Labute approximate surface area is 361 Å². The van der Waals surface area contributed by atoms with Crippen molar-refractivity contribution in [3.05, 3.63) is 269 Å². The second-order valence-corrected chi connectivity index (χ2v) is 16.3. The zero-order chi connectivity index (χ0) is 41.0. The zero-order valence-electron chi connectivity index (χ0n) is 34.0. The fourth-order valence-electron chi connectivity index (χ4n) is 10.3. The lowest BCUT2D eigenvalue weighted by Gasteiger charge is -2.34. The molecule has 4 heteroatoms. The van der Waals surface area contributed by atoms with Crippen LogP contribution >= 0.6 is 0 Å². The van der Waals surface area contributed by atoms with Crippen molar-refractivity contribution >= 4 is 27.6 Å². The summed E-state index contributed by atoms with van der Waals surface area (Å²) in [4.78, 5) is 5.33. The van der Waals surface area contributed by atoms with Crippen LogP contribution in [0.15, 0.2) is 236 Å². The largest absolute Gasteiger partial charge is 0.350 e. The molecule has 2 aliphatic rings. The molecule has 1 aromatic heterocycles. The van der Waals surface area contributed by atoms with Crippen LogP contribution in [-0.4, -0.2) is 10.4 Å². The summed E-state index contributed by atoms with van der Waals surface area (Å²) in [6.07, 6.45) is -0.337. The minimum Gasteiger partial charge on any atom is -0.350 e. The van der Waals surface area contributed by atoms with Crippen LogP contribution in [0, 0.1) is 0 Å². The molecular weight excluding hydrogens is 753 g/mol. The van der Waals surface area contributed by atoms with Crippen molar-refractivity contribution in [2.24, 2.45) is 4.99 Å². The highest BCUT2D eigenvalue weighted by atomic mass is 15.3. The van der Waals surface area contributed by atoms with Gasteiger partial charge in [-0.3, -0.25) is 5.32 Å². The van der Waals surface area contributed by atoms with Crippen LogP contribution < -0.4 is 10.6 Å². The van der Waals surface area contributed by atoms with Crippen molar-refractivity contribution in [3.63, 3.8) is 0 Å². The van der Waals surface area contributed by atoms with Gasteiger partial charge in [-0.15, -0.1) is 0 Å². The number of hydrogen-bond acceptors (Lipinski definition) is 3. The lowest BCUT2D eigenvalue weighted by atomic mass is 9.67. The van der Waals surface area contributed by atoms with E-state index in [9.17, 15) is 0 Å². The first-order valence-electron chi connectivity index (χ1n) is 21.4. The summed E-state index contributed by atoms with van der Waals surface area (Å²) in [6, 6.07) is 83.7. The molecule has 0 saturated carbocycles. The Bertz CT molecular complexity index is 3240. The molecule has 1 aliphatic carbocycles. The maximum absolute atomic E-state index is 5.33. The van der Waals surface area contributed by atoms with Crippen LogP contribution in [0.2, 0.25) is 0 Å². The Morgan fingerprint density at radius 2 is 0.952 bits per heavy atom. The third kappa shape index (κ3) is 5.68. The lowest BCUT2D eigenvalue weighted by Crippen LogP contribution is -2.44. The van der Waals surface area contributed by atoms with Gasteiger partial charge in [0, 0.05) is 22.0 Å². The zero-order valence-corrected chi connectivity index (χ0v) is 34.0. The normalized spacial score (nSPS) is 16.4. The number of benzene rings is 9. The van der Waals surface area contributed by atoms with Crippen LogP contribution in [0.4, 0.5) is 0 Å². The summed E-state index contributed by atoms with van der Waals surface area (Å²) >= 11 is 0. The molecule has 9 aromatic carbocycles. The first kappa shape index (κ1) is 36.1. The predicted octanol–water partition coefficient (Wildman–Crippen LogP) is 13.2. The topological polar surface area (TPSA) is 41.4 Å². The summed E-state index contributed by atoms with van der Waals surface area (Å²) in [5.41, 5.74) is 16.4. The van der Waals surface area contributed by atoms with Gasteiger partial charge in [-0.25, -0.2) is 4.99 Å². The van der Waals surface area contributed by atoms with E-state index in [0.29, 0.717) is 0 Å². The molecule has 0 bridgehead atoms. The van der Waals surface area contributed by atoms with Crippen molar-refractivity contribution in [2.75, 3.05) is 0 Å². The number of amidine groups is 1. The SMILES string of the molecule is c1ccc(C2N=C(c3ccc4c(c3)c3cc(-c5cccc6c5-c5ccccc5C6(c5ccccc5)c5ccccc5)ccc3n4-c3ccccc3)NC(c3ccccc3)N2)cc1. The molecule has 2 N–H and O–H groups in total. The van der Waals surface area contributed by atoms with Gasteiger partial charge in [-0.1, -0.05) is 188 Å². The van der Waals surface area contributed by atoms with Gasteiger partial charge in [-0.2, -0.15) is 0 Å². The number of hydrogen-bond donors (Lipinski definition) is 2. The molecule has 0 saturated heterocycles. The van der Waals surface area contributed by atoms with Crippen LogP contribution in [0.25, 0.3) is 49.7 Å². The van der Waals surface area contributed by atoms with Crippen LogP contribution in [0.3, 0.4) is 0 Å². The number of nitrogens with zero attached hydrogens (tertiary/aromatic N) is 2. The predicted molar refractivity (Wildman–Crippen MR) is 255 cm³/mol. The third-order valence-electron chi connectivity index (χ3n) is 13.0. The third-order valence-corrected chi connectivity index (χ3v) is 13.0. The minimum absolute atomic E-state index is 0.121. The first-order chi connectivity index (χ1) is 30.8. The monoisotopic (exact) mass is 794 g/mol. The highest BCUT2D eigenvalue weighted by Crippen LogP contribution is 2.58. The van der Waals surface area contributed by atoms with Crippen molar-refractivity contribution in [3.8, 4) is 27.9 Å². The second kappa shape index (κ2) is 14.7. The molecule has 2 atom stereocenters. The minimum atomic E-state index is -0.468. The van der Waals surface area contributed by atoms with E-state index < -0.39 is 5.41 Å². The van der Waals surface area contributed by atoms with Crippen LogP contribution in [0.5, 0.6) is 0 Å². The highest BCUT2D eigenvalue weighted by molar-refractivity contribution is 6.14. The standard InChI is InChI=1S/C58H42N4/c1-6-19-39(20-7-1)55-59-56(40-21-8-2-9-22-40)61-57(60-55)42-34-36-53-49(38-42)48-37-41(33-35-52(48)62(53)45-27-14-5-15-28-45)46-30-18-32-51-54(46)47-29-16-17-31-50(47)58(51,43-23-10-3-11-24-43)44-25-12-4-13-26-44/h1-38,55-56,59H,(H,60,61). The van der Waals surface area contributed by atoms with E-state index in [4.69, 9.17) is 4.99 Å². The number of aromatic nitrogens is 1. The number of nitrogens with one attached hydrogen (secondary N) is 2. The summed E-state index contributed by atoms with van der Waals surface area (Å²) in [6.45, 7) is 0. The number of aliphatic imine (C=N–C) groups is 1. The van der Waals surface area contributed by atoms with Crippen LogP contribution in [0.1, 0.15) is 51.3 Å². The molecule has 0 spiro atoms. The van der Waals surface area contributed by atoms with Crippen molar-refractivity contribution in [1.29, 1.82) is 0 Å². The van der Waals surface area contributed by atoms with Gasteiger partial charge in [0.15, 0.2) is 0 Å². The number of fused-ring (bicyclic) bond motifs is 6. The Morgan fingerprint density at radius 3 is 1.61 bits per heavy atom. The lowest BCUT2D eigenvalue weighted by molar-refractivity contribution is 0.409. The fourth-order valence-corrected chi connectivity index (χ4v) is 10.3. The molecule has 0 fully saturated rings. The average molecular weight is 795 g/mol. The molecule has 4 nitrogen and oxygen atoms in total. The Balaban J connectivity index is 1.07. The molecule has 0 radical (unpaired) electrons. The van der Waals surface area contributed by atoms with E-state index in [0.717, 1.165) is 39.2 Å². The Kier molecular flexibility index (Phi) is 8.58. The smallest absolute Gasteiger partial charge is 0.131 e. The van der Waals surface area contributed by atoms with Crippen molar-refractivity contribution in [2.45, 2.75) is 17.7 Å². The summed E-state index contributed by atoms with van der Waals surface area (Å²) in [5, 5.41) is 9.90. The van der Waals surface area contributed by atoms with E-state index >= 15 is 0 Å². The highest BCUT2D eigenvalue weighted by Gasteiger charge is 2.46. The summed E-state index contributed by atoms with van der Waals surface area (Å²) in [7, 11) is 0. The fraction of sp³-hybridized carbons (Fsp3) is 0.0517. The molecule has 2 unspecified atom stereocenters. The average Bonchev–Trinajstić information content (AvgIpc) is 3.85. The van der Waals surface area contributed by atoms with Gasteiger partial charge in [-0.05, 0) is 98.1 Å². The molecule has 62 heavy (non-hydrogen) atoms. The van der Waals surface area contributed by atoms with Gasteiger partial charge >= 0.3 is 0 Å². The van der Waals surface area contributed by atoms with Crippen molar-refractivity contribution < 1.29 is 0 Å². The van der Waals surface area contributed by atoms with E-state index in [1.807, 2.05) is 0 Å². The van der Waals surface area contributed by atoms with Gasteiger partial charge in [0.2, 0.25) is 0 Å². The molecule has 12 rings (SSSR count).